The number of halogens is 1. The molecule has 8 heteroatoms. The zero-order chi connectivity index (χ0) is 18.0. The molecule has 0 unspecified atom stereocenters. The van der Waals surface area contributed by atoms with Gasteiger partial charge in [0.05, 0.1) is 16.8 Å². The first-order chi connectivity index (χ1) is 12.0. The van der Waals surface area contributed by atoms with Crippen LogP contribution in [0.5, 0.6) is 0 Å². The molecule has 0 fully saturated rings. The molecule has 1 aromatic heterocycles. The number of fused-ring (bicyclic) bond motifs is 1. The van der Waals surface area contributed by atoms with E-state index in [1.807, 2.05) is 19.0 Å². The highest BCUT2D eigenvalue weighted by atomic mass is 35.5. The third kappa shape index (κ3) is 3.61. The molecule has 2 aromatic carbocycles. The summed E-state index contributed by atoms with van der Waals surface area (Å²) in [7, 11) is 3.72. The van der Waals surface area contributed by atoms with Gasteiger partial charge in [0, 0.05) is 19.1 Å². The molecule has 128 valence electrons. The van der Waals surface area contributed by atoms with E-state index in [9.17, 15) is 9.59 Å². The highest BCUT2D eigenvalue weighted by Gasteiger charge is 2.12. The molecular weight excluding hydrogens is 342 g/mol. The Balaban J connectivity index is 1.86. The van der Waals surface area contributed by atoms with Crippen LogP contribution in [0, 0.1) is 0 Å². The minimum absolute atomic E-state index is 0.240. The van der Waals surface area contributed by atoms with Crippen molar-refractivity contribution in [1.29, 1.82) is 0 Å². The fourth-order valence-corrected chi connectivity index (χ4v) is 2.62. The van der Waals surface area contributed by atoms with Crippen molar-refractivity contribution in [3.05, 3.63) is 57.8 Å². The van der Waals surface area contributed by atoms with Crippen molar-refractivity contribution in [3.63, 3.8) is 0 Å². The third-order valence-electron chi connectivity index (χ3n) is 3.64. The number of hydrogen-bond donors (Lipinski definition) is 1. The van der Waals surface area contributed by atoms with Gasteiger partial charge in [-0.3, -0.25) is 9.59 Å². The lowest BCUT2D eigenvalue weighted by atomic mass is 10.2. The largest absolute Gasteiger partial charge is 0.376 e. The summed E-state index contributed by atoms with van der Waals surface area (Å²) in [6.45, 7) is -0.240. The minimum Gasteiger partial charge on any atom is -0.376 e. The molecule has 0 radical (unpaired) electrons. The maximum absolute atomic E-state index is 12.4. The van der Waals surface area contributed by atoms with E-state index in [4.69, 9.17) is 11.6 Å². The second-order valence-corrected chi connectivity index (χ2v) is 6.11. The Kier molecular flexibility index (Phi) is 4.67. The van der Waals surface area contributed by atoms with Gasteiger partial charge >= 0.3 is 0 Å². The summed E-state index contributed by atoms with van der Waals surface area (Å²) in [5.41, 5.74) is 1.49. The Morgan fingerprint density at radius 3 is 2.76 bits per heavy atom. The highest BCUT2D eigenvalue weighted by molar-refractivity contribution is 6.31. The van der Waals surface area contributed by atoms with Crippen LogP contribution in [0.3, 0.4) is 0 Å². The first-order valence-electron chi connectivity index (χ1n) is 7.55. The van der Waals surface area contributed by atoms with E-state index >= 15 is 0 Å². The summed E-state index contributed by atoms with van der Waals surface area (Å²) in [5, 5.41) is 11.5. The number of carbonyl (C=O) groups is 1. The van der Waals surface area contributed by atoms with Crippen LogP contribution in [0.25, 0.3) is 10.9 Å². The average molecular weight is 358 g/mol. The van der Waals surface area contributed by atoms with E-state index in [0.717, 1.165) is 10.4 Å². The van der Waals surface area contributed by atoms with Gasteiger partial charge in [0.25, 0.3) is 5.56 Å². The van der Waals surface area contributed by atoms with Crippen molar-refractivity contribution in [2.75, 3.05) is 24.3 Å². The normalized spacial score (nSPS) is 10.7. The Hall–Kier alpha value is -2.93. The van der Waals surface area contributed by atoms with Crippen LogP contribution in [0.15, 0.2) is 47.3 Å². The van der Waals surface area contributed by atoms with Crippen LogP contribution < -0.4 is 15.8 Å². The molecule has 3 rings (SSSR count). The van der Waals surface area contributed by atoms with Crippen molar-refractivity contribution in [3.8, 4) is 0 Å². The quantitative estimate of drug-likeness (QED) is 0.773. The van der Waals surface area contributed by atoms with Gasteiger partial charge in [0.15, 0.2) is 0 Å². The zero-order valence-corrected chi connectivity index (χ0v) is 14.5. The third-order valence-corrected chi connectivity index (χ3v) is 3.87. The van der Waals surface area contributed by atoms with Crippen molar-refractivity contribution < 1.29 is 4.79 Å². The van der Waals surface area contributed by atoms with E-state index in [0.29, 0.717) is 21.6 Å². The molecular formula is C17H16ClN5O2. The van der Waals surface area contributed by atoms with Crippen molar-refractivity contribution in [2.45, 2.75) is 6.54 Å². The van der Waals surface area contributed by atoms with Gasteiger partial charge in [-0.15, -0.1) is 5.10 Å². The molecule has 25 heavy (non-hydrogen) atoms. The smallest absolute Gasteiger partial charge is 0.278 e. The molecule has 3 aromatic rings. The summed E-state index contributed by atoms with van der Waals surface area (Å²) in [4.78, 5) is 26.6. The SMILES string of the molecule is CN(C)c1ccc(Cl)cc1NC(=O)Cn1nnc2ccccc2c1=O. The lowest BCUT2D eigenvalue weighted by Gasteiger charge is -2.18. The Morgan fingerprint density at radius 1 is 1.24 bits per heavy atom. The summed E-state index contributed by atoms with van der Waals surface area (Å²) in [5.74, 6) is -0.392. The van der Waals surface area contributed by atoms with Crippen LogP contribution >= 0.6 is 11.6 Å². The first-order valence-corrected chi connectivity index (χ1v) is 7.93. The Labute approximate surface area is 148 Å². The second-order valence-electron chi connectivity index (χ2n) is 5.67. The number of carbonyl (C=O) groups excluding carboxylic acids is 1. The molecule has 0 bridgehead atoms. The van der Waals surface area contributed by atoms with E-state index in [1.54, 1.807) is 42.5 Å². The summed E-state index contributed by atoms with van der Waals surface area (Å²) >= 11 is 6.01. The second kappa shape index (κ2) is 6.90. The average Bonchev–Trinajstić information content (AvgIpc) is 2.57. The van der Waals surface area contributed by atoms with Gasteiger partial charge < -0.3 is 10.2 Å². The number of aromatic nitrogens is 3. The lowest BCUT2D eigenvalue weighted by molar-refractivity contribution is -0.117. The number of benzene rings is 2. The maximum atomic E-state index is 12.4. The van der Waals surface area contributed by atoms with Crippen molar-refractivity contribution in [1.82, 2.24) is 15.0 Å². The molecule has 1 heterocycles. The lowest BCUT2D eigenvalue weighted by Crippen LogP contribution is -2.30. The highest BCUT2D eigenvalue weighted by Crippen LogP contribution is 2.27. The van der Waals surface area contributed by atoms with Crippen LogP contribution in [-0.4, -0.2) is 35.0 Å². The van der Waals surface area contributed by atoms with Crippen LogP contribution in [0.4, 0.5) is 11.4 Å². The van der Waals surface area contributed by atoms with E-state index < -0.39 is 5.91 Å². The van der Waals surface area contributed by atoms with Gasteiger partial charge in [0.1, 0.15) is 12.1 Å². The summed E-state index contributed by atoms with van der Waals surface area (Å²) in [6.07, 6.45) is 0. The predicted octanol–water partition coefficient (Wildman–Crippen LogP) is 2.15. The van der Waals surface area contributed by atoms with Gasteiger partial charge in [-0.05, 0) is 30.3 Å². The molecule has 0 aliphatic carbocycles. The summed E-state index contributed by atoms with van der Waals surface area (Å²) in [6, 6.07) is 12.1. The first kappa shape index (κ1) is 16.9. The molecule has 1 amide bonds. The maximum Gasteiger partial charge on any atom is 0.278 e. The predicted molar refractivity (Wildman–Crippen MR) is 98.2 cm³/mol. The molecule has 7 nitrogen and oxygen atoms in total. The Morgan fingerprint density at radius 2 is 2.00 bits per heavy atom. The molecule has 0 atom stereocenters. The zero-order valence-electron chi connectivity index (χ0n) is 13.7. The van der Waals surface area contributed by atoms with E-state index in [2.05, 4.69) is 15.6 Å². The monoisotopic (exact) mass is 357 g/mol. The molecule has 0 saturated heterocycles. The van der Waals surface area contributed by atoms with Crippen LogP contribution in [-0.2, 0) is 11.3 Å². The van der Waals surface area contributed by atoms with Crippen LogP contribution in [0.2, 0.25) is 5.02 Å². The molecule has 0 spiro atoms. The molecule has 1 N–H and O–H groups in total. The van der Waals surface area contributed by atoms with E-state index in [-0.39, 0.29) is 12.1 Å². The number of hydrogen-bond acceptors (Lipinski definition) is 5. The van der Waals surface area contributed by atoms with Gasteiger partial charge in [-0.2, -0.15) is 0 Å². The van der Waals surface area contributed by atoms with Gasteiger partial charge in [-0.1, -0.05) is 28.9 Å². The standard InChI is InChI=1S/C17H16ClN5O2/c1-22(2)15-8-7-11(18)9-14(15)19-16(24)10-23-17(25)12-5-3-4-6-13(12)20-21-23/h3-9H,10H2,1-2H3,(H,19,24). The number of amides is 1. The van der Waals surface area contributed by atoms with Crippen molar-refractivity contribution in [2.24, 2.45) is 0 Å². The number of nitrogens with one attached hydrogen (secondary N) is 1. The van der Waals surface area contributed by atoms with Gasteiger partial charge in [0.2, 0.25) is 5.91 Å². The summed E-state index contributed by atoms with van der Waals surface area (Å²) < 4.78 is 1.04. The van der Waals surface area contributed by atoms with E-state index in [1.165, 1.54) is 0 Å². The van der Waals surface area contributed by atoms with Gasteiger partial charge in [-0.25, -0.2) is 4.68 Å². The topological polar surface area (TPSA) is 80.1 Å². The Bertz CT molecular complexity index is 1000. The minimum atomic E-state index is -0.392. The number of nitrogens with zero attached hydrogens (tertiary/aromatic N) is 4. The fraction of sp³-hybridized carbons (Fsp3) is 0.176. The molecule has 0 aliphatic rings. The fourth-order valence-electron chi connectivity index (χ4n) is 2.45. The van der Waals surface area contributed by atoms with Crippen molar-refractivity contribution >= 4 is 39.8 Å². The molecule has 0 aliphatic heterocycles. The van der Waals surface area contributed by atoms with Crippen LogP contribution in [0.1, 0.15) is 0 Å². The number of rotatable bonds is 4. The molecule has 0 saturated carbocycles. The number of anilines is 2.